The van der Waals surface area contributed by atoms with Crippen LogP contribution >= 0.6 is 0 Å². The highest BCUT2D eigenvalue weighted by atomic mass is 14.1. The van der Waals surface area contributed by atoms with Gasteiger partial charge in [-0.3, -0.25) is 0 Å². The van der Waals surface area contributed by atoms with Crippen LogP contribution in [-0.4, -0.2) is 0 Å². The lowest BCUT2D eigenvalue weighted by Crippen LogP contribution is -1.83. The van der Waals surface area contributed by atoms with Crippen LogP contribution in [0.1, 0.15) is 44.5 Å². The van der Waals surface area contributed by atoms with Gasteiger partial charge in [0.15, 0.2) is 0 Å². The van der Waals surface area contributed by atoms with Crippen LogP contribution in [0.25, 0.3) is 153 Å². The van der Waals surface area contributed by atoms with Gasteiger partial charge in [-0.25, -0.2) is 0 Å². The van der Waals surface area contributed by atoms with E-state index in [1.807, 2.05) is 0 Å². The fourth-order valence-corrected chi connectivity index (χ4v) is 16.4. The molecule has 0 aromatic heterocycles. The van der Waals surface area contributed by atoms with E-state index in [4.69, 9.17) is 0 Å². The van der Waals surface area contributed by atoms with Gasteiger partial charge in [0.05, 0.1) is 0 Å². The van der Waals surface area contributed by atoms with E-state index >= 15 is 0 Å². The molecule has 22 aromatic carbocycles. The molecule has 0 fully saturated rings. The van der Waals surface area contributed by atoms with Gasteiger partial charge in [-0.1, -0.05) is 478 Å². The minimum atomic E-state index is 1.27. The first-order valence-corrected chi connectivity index (χ1v) is 43.0. The first kappa shape index (κ1) is 84.0. The summed E-state index contributed by atoms with van der Waals surface area (Å²) < 4.78 is 0. The molecule has 0 atom stereocenters. The number of rotatable bonds is 6. The third kappa shape index (κ3) is 21.2. The Hall–Kier alpha value is -15.1. The van der Waals surface area contributed by atoms with Gasteiger partial charge in [-0.2, -0.15) is 0 Å². The summed E-state index contributed by atoms with van der Waals surface area (Å²) in [4.78, 5) is 0. The van der Waals surface area contributed by atoms with Gasteiger partial charge in [0.1, 0.15) is 0 Å². The highest BCUT2D eigenvalue weighted by Gasteiger charge is 2.10. The fraction of sp³-hybridized carbons (Fsp3) is 0.0645. The minimum Gasteiger partial charge on any atom is -0.0622 e. The van der Waals surface area contributed by atoms with Crippen LogP contribution in [0, 0.1) is 55.4 Å². The highest BCUT2D eigenvalue weighted by Crippen LogP contribution is 2.36. The molecule has 0 radical (unpaired) electrons. The van der Waals surface area contributed by atoms with Crippen molar-refractivity contribution >= 4 is 86.2 Å². The number of hydrogen-bond donors (Lipinski definition) is 0. The Morgan fingerprint density at radius 1 is 0.105 bits per heavy atom. The Kier molecular flexibility index (Phi) is 27.9. The van der Waals surface area contributed by atoms with E-state index < -0.39 is 0 Å². The first-order chi connectivity index (χ1) is 60.8. The molecule has 0 heterocycles. The quantitative estimate of drug-likeness (QED) is 0.156. The maximum Gasteiger partial charge on any atom is -0.0103 e. The maximum absolute atomic E-state index is 2.28. The molecule has 0 nitrogen and oxygen atoms in total. The molecule has 0 aliphatic rings. The molecule has 0 saturated heterocycles. The molecule has 0 aliphatic heterocycles. The molecular formula is C124H104. The van der Waals surface area contributed by atoms with Crippen molar-refractivity contribution in [2.45, 2.75) is 55.4 Å². The van der Waals surface area contributed by atoms with E-state index in [9.17, 15) is 0 Å². The van der Waals surface area contributed by atoms with E-state index in [2.05, 4.69) is 541 Å². The molecular weight excluding hydrogens is 1490 g/mol. The maximum atomic E-state index is 2.28. The molecule has 0 N–H and O–H groups in total. The van der Waals surface area contributed by atoms with Gasteiger partial charge in [0, 0.05) is 0 Å². The largest absolute Gasteiger partial charge is 0.0622 e. The molecule has 0 heteroatoms. The van der Waals surface area contributed by atoms with Crippen molar-refractivity contribution in [2.75, 3.05) is 0 Å². The van der Waals surface area contributed by atoms with Crippen molar-refractivity contribution < 1.29 is 0 Å². The van der Waals surface area contributed by atoms with Crippen LogP contribution in [0.2, 0.25) is 0 Å². The third-order valence-electron chi connectivity index (χ3n) is 23.1. The summed E-state index contributed by atoms with van der Waals surface area (Å²) in [5.74, 6) is 0. The lowest BCUT2D eigenvalue weighted by molar-refractivity contribution is 1.50. The Bertz CT molecular complexity index is 7090. The zero-order valence-electron chi connectivity index (χ0n) is 72.2. The van der Waals surface area contributed by atoms with Gasteiger partial charge in [0.2, 0.25) is 0 Å². The predicted molar refractivity (Wildman–Crippen MR) is 542 cm³/mol. The monoisotopic (exact) mass is 1590 g/mol. The highest BCUT2D eigenvalue weighted by molar-refractivity contribution is 6.01. The second-order valence-electron chi connectivity index (χ2n) is 31.9. The second kappa shape index (κ2) is 41.3. The van der Waals surface area contributed by atoms with Crippen molar-refractivity contribution in [3.05, 3.63) is 530 Å². The molecule has 0 aliphatic carbocycles. The zero-order valence-corrected chi connectivity index (χ0v) is 72.2. The lowest BCUT2D eigenvalue weighted by atomic mass is 9.96. The summed E-state index contributed by atoms with van der Waals surface area (Å²) in [6.07, 6.45) is 0. The lowest BCUT2D eigenvalue weighted by Gasteiger charge is -2.09. The normalized spacial score (nSPS) is 10.6. The average Bonchev–Trinajstić information content (AvgIpc) is 0.781. The number of benzene rings is 22. The molecule has 22 aromatic rings. The molecule has 0 amide bonds. The van der Waals surface area contributed by atoms with Crippen LogP contribution in [0.15, 0.2) is 485 Å². The zero-order chi connectivity index (χ0) is 85.4. The van der Waals surface area contributed by atoms with E-state index in [1.54, 1.807) is 0 Å². The van der Waals surface area contributed by atoms with Crippen LogP contribution in [0.3, 0.4) is 0 Å². The number of hydrogen-bond acceptors (Lipinski definition) is 0. The fourth-order valence-electron chi connectivity index (χ4n) is 16.4. The predicted octanol–water partition coefficient (Wildman–Crippen LogP) is 35.2. The minimum absolute atomic E-state index is 1.27. The van der Waals surface area contributed by atoms with Crippen LogP contribution < -0.4 is 0 Å². The van der Waals surface area contributed by atoms with Gasteiger partial charge < -0.3 is 0 Å². The summed E-state index contributed by atoms with van der Waals surface area (Å²) >= 11 is 0. The summed E-state index contributed by atoms with van der Waals surface area (Å²) in [7, 11) is 0. The van der Waals surface area contributed by atoms with Crippen molar-refractivity contribution in [3.63, 3.8) is 0 Å². The van der Waals surface area contributed by atoms with Gasteiger partial charge >= 0.3 is 0 Å². The third-order valence-corrected chi connectivity index (χ3v) is 23.1. The van der Waals surface area contributed by atoms with E-state index in [1.165, 1.54) is 197 Å². The van der Waals surface area contributed by atoms with Crippen LogP contribution in [-0.2, 0) is 0 Å². The van der Waals surface area contributed by atoms with Crippen molar-refractivity contribution in [1.82, 2.24) is 0 Å². The summed E-state index contributed by atoms with van der Waals surface area (Å²) in [6, 6.07) is 171. The van der Waals surface area contributed by atoms with Gasteiger partial charge in [-0.15, -0.1) is 0 Å². The Morgan fingerprint density at radius 3 is 0.927 bits per heavy atom. The van der Waals surface area contributed by atoms with Crippen LogP contribution in [0.5, 0.6) is 0 Å². The molecule has 124 heavy (non-hydrogen) atoms. The SMILES string of the molecule is Cc1cc(-c2ccccc2)cc2ccccc12.Cc1ccc(-c2ccccc2)c2ccccc12.Cc1ccc2cccc(-c3ccccc3)c2c1.Cc1ccc2ccccc2c1.Cc1cccc2c(-c3ccccc3)cccc12.Cc1cccc2cc(-c3ccccc3)ccc12.Cc1cccc2ccc(-c3ccccc3)cc12.Cc1cccc2ccccc12. The van der Waals surface area contributed by atoms with E-state index in [0.29, 0.717) is 0 Å². The first-order valence-electron chi connectivity index (χ1n) is 43.0. The summed E-state index contributed by atoms with van der Waals surface area (Å²) in [6.45, 7) is 17.2. The standard InChI is InChI=1S/6C17H14.2C11H10/c1-13-7-5-12-17-15(13)10-6-11-16(17)14-8-3-2-4-9-14;1-13-6-5-9-16-12-15(10-11-17(13)16)14-7-3-2-4-8-14;1-13-6-5-9-15-10-11-16(12-17(13)15)14-7-3-2-4-8-14;1-13-11-16(14-7-3-2-4-8-14)12-15-9-5-6-10-17(13)15;1-13-11-12-16(14-7-3-2-4-8-14)17-10-6-5-9-15(13)17;1-13-10-11-15-8-5-9-16(17(15)12-13)14-6-3-2-4-7-14;1-9-5-4-7-10-6-2-3-8-11(9)10;1-9-6-7-10-4-2-3-5-11(10)8-9/h6*2-12H,1H3;2*2-8H,1H3. The summed E-state index contributed by atoms with van der Waals surface area (Å²) in [5, 5.41) is 21.3. The van der Waals surface area contributed by atoms with Crippen molar-refractivity contribution in [2.24, 2.45) is 0 Å². The number of aryl methyl sites for hydroxylation is 8. The van der Waals surface area contributed by atoms with E-state index in [0.717, 1.165) is 0 Å². The second-order valence-corrected chi connectivity index (χ2v) is 31.9. The number of fused-ring (bicyclic) bond motifs is 8. The van der Waals surface area contributed by atoms with Crippen LogP contribution in [0.4, 0.5) is 0 Å². The van der Waals surface area contributed by atoms with Crippen molar-refractivity contribution in [1.29, 1.82) is 0 Å². The summed E-state index contributed by atoms with van der Waals surface area (Å²) in [5.41, 5.74) is 26.1. The van der Waals surface area contributed by atoms with E-state index in [-0.39, 0.29) is 0 Å². The molecule has 600 valence electrons. The Balaban J connectivity index is 0.000000110. The molecule has 0 saturated carbocycles. The molecule has 0 spiro atoms. The average molecular weight is 1590 g/mol. The topological polar surface area (TPSA) is 0 Å². The Morgan fingerprint density at radius 2 is 0.395 bits per heavy atom. The Labute approximate surface area is 733 Å². The molecule has 22 rings (SSSR count). The van der Waals surface area contributed by atoms with Gasteiger partial charge in [0.25, 0.3) is 0 Å². The van der Waals surface area contributed by atoms with Gasteiger partial charge in [-0.05, 0) is 260 Å². The van der Waals surface area contributed by atoms with Crippen molar-refractivity contribution in [3.8, 4) is 66.8 Å². The molecule has 0 unspecified atom stereocenters. The molecule has 0 bridgehead atoms. The smallest absolute Gasteiger partial charge is 0.0103 e.